The van der Waals surface area contributed by atoms with Crippen molar-refractivity contribution in [1.29, 1.82) is 0 Å². The Morgan fingerprint density at radius 2 is 0.981 bits per heavy atom. The topological polar surface area (TPSA) is 26.4 Å². The van der Waals surface area contributed by atoms with Gasteiger partial charge in [-0.25, -0.2) is 8.80 Å². The summed E-state index contributed by atoms with van der Waals surface area (Å²) in [6.45, 7) is 5.35. The minimum absolute atomic E-state index is 0.517. The third-order valence-corrected chi connectivity index (χ3v) is 9.99. The number of fused-ring (bicyclic) bond motifs is 2. The van der Waals surface area contributed by atoms with Gasteiger partial charge in [0.05, 0.1) is 30.2 Å². The number of allylic oxidation sites excluding steroid dienone is 2. The molecule has 0 spiro atoms. The molecule has 0 aliphatic carbocycles. The molecule has 2 aliphatic rings. The van der Waals surface area contributed by atoms with E-state index in [0.717, 1.165) is 81.6 Å². The van der Waals surface area contributed by atoms with Crippen molar-refractivity contribution in [2.75, 3.05) is 13.2 Å². The van der Waals surface area contributed by atoms with Crippen LogP contribution in [0.1, 0.15) is 61.9 Å². The van der Waals surface area contributed by atoms with E-state index in [4.69, 9.17) is 9.47 Å². The molecule has 8 rings (SSSR count). The second-order valence-corrected chi connectivity index (χ2v) is 13.5. The maximum absolute atomic E-state index is 18.7. The van der Waals surface area contributed by atoms with E-state index in [1.165, 1.54) is 0 Å². The highest BCUT2D eigenvalue weighted by atomic mass is 19.1. The van der Waals surface area contributed by atoms with E-state index in [-0.39, 0.29) is 0 Å². The van der Waals surface area contributed by atoms with Gasteiger partial charge in [-0.1, -0.05) is 166 Å². The largest absolute Gasteiger partial charge is 0.847 e. The summed E-state index contributed by atoms with van der Waals surface area (Å²) in [6, 6.07) is 51.3. The summed E-state index contributed by atoms with van der Waals surface area (Å²) < 4.78 is 36.2. The first-order valence-electron chi connectivity index (χ1n) is 18.8. The molecule has 0 atom stereocenters. The highest BCUT2D eigenvalue weighted by Gasteiger charge is 2.58. The first-order valence-corrected chi connectivity index (χ1v) is 18.8. The van der Waals surface area contributed by atoms with Crippen molar-refractivity contribution in [3.63, 3.8) is 0 Å². The van der Waals surface area contributed by atoms with Crippen molar-refractivity contribution in [3.05, 3.63) is 185 Å². The van der Waals surface area contributed by atoms with Crippen LogP contribution in [0.4, 0.5) is 4.32 Å². The smallest absolute Gasteiger partial charge is 0.491 e. The van der Waals surface area contributed by atoms with Crippen LogP contribution in [0, 0.1) is 0 Å². The van der Waals surface area contributed by atoms with Crippen LogP contribution in [-0.4, -0.2) is 35.1 Å². The molecule has 262 valence electrons. The van der Waals surface area contributed by atoms with Crippen LogP contribution < -0.4 is 4.74 Å². The summed E-state index contributed by atoms with van der Waals surface area (Å²) in [4.78, 5) is 0. The standard InChI is InChI=1S/C47H43BFN2O2/c1-3-5-32-52-46-40(35-24-14-8-15-25-35)44-39(34-22-12-7-13-23-34)45-41(36-26-16-9-17-27-36)47(53-33-6-4-2)43(38-30-20-11-21-31-38)51(45)48(49)50(44)42(46)37-28-18-10-19-29-37/h7-31H,3-6,32-33H2,1-2H3/q+1. The van der Waals surface area contributed by atoms with Crippen LogP contribution in [0.3, 0.4) is 0 Å². The van der Waals surface area contributed by atoms with Crippen molar-refractivity contribution >= 4 is 24.1 Å². The number of benzene rings is 5. The minimum atomic E-state index is -1.64. The van der Waals surface area contributed by atoms with E-state index < -0.39 is 7.26 Å². The van der Waals surface area contributed by atoms with Gasteiger partial charge in [0, 0.05) is 16.7 Å². The molecule has 0 N–H and O–H groups in total. The highest BCUT2D eigenvalue weighted by Crippen LogP contribution is 2.54. The number of aromatic nitrogens is 1. The molecule has 0 saturated carbocycles. The summed E-state index contributed by atoms with van der Waals surface area (Å²) >= 11 is 0. The second-order valence-electron chi connectivity index (χ2n) is 13.5. The molecule has 0 unspecified atom stereocenters. The zero-order valence-electron chi connectivity index (χ0n) is 30.3. The number of ether oxygens (including phenoxy) is 2. The van der Waals surface area contributed by atoms with E-state index in [1.54, 1.807) is 0 Å². The van der Waals surface area contributed by atoms with E-state index in [2.05, 4.69) is 86.6 Å². The third-order valence-electron chi connectivity index (χ3n) is 9.99. The molecular formula is C47H43BFN2O2+. The molecule has 4 nitrogen and oxygen atoms in total. The number of hydrogen-bond donors (Lipinski definition) is 0. The first-order chi connectivity index (χ1) is 26.2. The molecule has 6 heteroatoms. The Labute approximate surface area is 312 Å². The molecule has 6 aromatic rings. The fourth-order valence-corrected chi connectivity index (χ4v) is 7.55. The van der Waals surface area contributed by atoms with Gasteiger partial charge in [0.2, 0.25) is 17.2 Å². The lowest BCUT2D eigenvalue weighted by atomic mass is 9.84. The monoisotopic (exact) mass is 697 g/mol. The molecule has 3 heterocycles. The molecule has 0 radical (unpaired) electrons. The predicted octanol–water partition coefficient (Wildman–Crippen LogP) is 11.3. The SMILES string of the molecule is CCCCOC1=C(c2ccccc2)C2=C(c3ccccc3)c3c(-c4ccccc4)c(OCCCC)c(-c4ccccc4)n3B(F)[N+]2=C1c1ccccc1. The average molecular weight is 698 g/mol. The second kappa shape index (κ2) is 15.4. The van der Waals surface area contributed by atoms with Gasteiger partial charge in [0.25, 0.3) is 0 Å². The fraction of sp³-hybridized carbons (Fsp3) is 0.170. The maximum Gasteiger partial charge on any atom is 0.847 e. The van der Waals surface area contributed by atoms with E-state index in [0.29, 0.717) is 36.1 Å². The van der Waals surface area contributed by atoms with Gasteiger partial charge in [0.15, 0.2) is 5.75 Å². The van der Waals surface area contributed by atoms with Crippen LogP contribution in [-0.2, 0) is 4.74 Å². The normalized spacial score (nSPS) is 13.8. The Morgan fingerprint density at radius 1 is 0.528 bits per heavy atom. The van der Waals surface area contributed by atoms with Crippen molar-refractivity contribution in [3.8, 4) is 28.1 Å². The zero-order valence-corrected chi connectivity index (χ0v) is 30.3. The maximum atomic E-state index is 18.7. The minimum Gasteiger partial charge on any atom is -0.491 e. The van der Waals surface area contributed by atoms with Gasteiger partial charge in [0.1, 0.15) is 5.57 Å². The fourth-order valence-electron chi connectivity index (χ4n) is 7.55. The number of nitrogens with zero attached hydrogens (tertiary/aromatic N) is 2. The van der Waals surface area contributed by atoms with Crippen molar-refractivity contribution in [2.24, 2.45) is 0 Å². The van der Waals surface area contributed by atoms with Gasteiger partial charge >= 0.3 is 7.26 Å². The van der Waals surface area contributed by atoms with E-state index in [1.807, 2.05) is 87.8 Å². The van der Waals surface area contributed by atoms with Gasteiger partial charge in [-0.3, -0.25) is 4.48 Å². The summed E-state index contributed by atoms with van der Waals surface area (Å²) in [5.41, 5.74) is 10.3. The van der Waals surface area contributed by atoms with Gasteiger partial charge < -0.3 is 9.47 Å². The molecule has 1 aromatic heterocycles. The Bertz CT molecular complexity index is 2300. The number of unbranched alkanes of at least 4 members (excludes halogenated alkanes) is 2. The van der Waals surface area contributed by atoms with Crippen molar-refractivity contribution < 1.29 is 18.3 Å². The first kappa shape index (κ1) is 34.2. The molecule has 2 aliphatic heterocycles. The lowest BCUT2D eigenvalue weighted by molar-refractivity contribution is -0.332. The summed E-state index contributed by atoms with van der Waals surface area (Å²) in [5, 5.41) is 0. The van der Waals surface area contributed by atoms with Crippen molar-refractivity contribution in [2.45, 2.75) is 39.5 Å². The predicted molar refractivity (Wildman–Crippen MR) is 215 cm³/mol. The summed E-state index contributed by atoms with van der Waals surface area (Å²) in [7, 11) is -1.64. The van der Waals surface area contributed by atoms with Crippen LogP contribution >= 0.6 is 0 Å². The molecule has 0 saturated heterocycles. The molecular weight excluding hydrogens is 654 g/mol. The van der Waals surface area contributed by atoms with E-state index >= 15 is 4.32 Å². The van der Waals surface area contributed by atoms with Crippen molar-refractivity contribution in [1.82, 2.24) is 4.48 Å². The van der Waals surface area contributed by atoms with Gasteiger partial charge in [-0.05, 0) is 41.7 Å². The van der Waals surface area contributed by atoms with Crippen LogP contribution in [0.2, 0.25) is 0 Å². The quantitative estimate of drug-likeness (QED) is 0.0887. The lowest BCUT2D eigenvalue weighted by Crippen LogP contribution is -2.41. The van der Waals surface area contributed by atoms with E-state index in [9.17, 15) is 0 Å². The van der Waals surface area contributed by atoms with Crippen LogP contribution in [0.5, 0.6) is 5.75 Å². The molecule has 0 amide bonds. The molecule has 0 fully saturated rings. The van der Waals surface area contributed by atoms with Gasteiger partial charge in [-0.15, -0.1) is 0 Å². The summed E-state index contributed by atoms with van der Waals surface area (Å²) in [5.74, 6) is 1.38. The molecule has 0 bridgehead atoms. The number of hydrogen-bond acceptors (Lipinski definition) is 2. The Morgan fingerprint density at radius 3 is 1.51 bits per heavy atom. The molecule has 53 heavy (non-hydrogen) atoms. The average Bonchev–Trinajstić information content (AvgIpc) is 3.74. The van der Waals surface area contributed by atoms with Crippen LogP contribution in [0.15, 0.2) is 163 Å². The molecule has 5 aromatic carbocycles. The number of halogens is 1. The third kappa shape index (κ3) is 6.22. The summed E-state index contributed by atoms with van der Waals surface area (Å²) in [6.07, 6.45) is 3.72. The number of rotatable bonds is 13. The van der Waals surface area contributed by atoms with Crippen LogP contribution in [0.25, 0.3) is 33.5 Å². The zero-order chi connectivity index (χ0) is 36.1. The Kier molecular flexibility index (Phi) is 9.94. The van der Waals surface area contributed by atoms with Gasteiger partial charge in [-0.2, -0.15) is 0 Å². The highest BCUT2D eigenvalue weighted by molar-refractivity contribution is 6.46. The lowest BCUT2D eigenvalue weighted by Gasteiger charge is -2.23. The Hall–Kier alpha value is -5.88. The Balaban J connectivity index is 1.59.